The molecule has 0 fully saturated rings. The Bertz CT molecular complexity index is 78.1. The Kier molecular flexibility index (Phi) is 5.08. The molecular formula is C6H18OSi3. The van der Waals surface area contributed by atoms with Gasteiger partial charge in [-0.15, -0.1) is 0 Å². The Labute approximate surface area is 71.5 Å². The predicted molar refractivity (Wildman–Crippen MR) is 53.5 cm³/mol. The second kappa shape index (κ2) is 3.85. The van der Waals surface area contributed by atoms with E-state index in [2.05, 4.69) is 39.3 Å². The van der Waals surface area contributed by atoms with E-state index in [1.165, 1.54) is 0 Å². The summed E-state index contributed by atoms with van der Waals surface area (Å²) in [6.45, 7) is 13.4. The lowest BCUT2D eigenvalue weighted by molar-refractivity contribution is 0.559. The molecule has 0 aliphatic rings. The molecule has 10 heavy (non-hydrogen) atoms. The summed E-state index contributed by atoms with van der Waals surface area (Å²) in [6.07, 6.45) is 0. The zero-order valence-electron chi connectivity index (χ0n) is 7.91. The maximum Gasteiger partial charge on any atom is 0.170 e. The lowest BCUT2D eigenvalue weighted by Crippen LogP contribution is -2.39. The van der Waals surface area contributed by atoms with Gasteiger partial charge in [0.25, 0.3) is 0 Å². The van der Waals surface area contributed by atoms with Crippen molar-refractivity contribution in [2.24, 2.45) is 0 Å². The Hall–Kier alpha value is 0.611. The topological polar surface area (TPSA) is 9.23 Å². The predicted octanol–water partition coefficient (Wildman–Crippen LogP) is 2.29. The van der Waals surface area contributed by atoms with Crippen LogP contribution in [0.15, 0.2) is 0 Å². The van der Waals surface area contributed by atoms with Crippen molar-refractivity contribution in [2.75, 3.05) is 0 Å². The third-order valence-corrected chi connectivity index (χ3v) is 5.51. The van der Waals surface area contributed by atoms with Gasteiger partial charge in [0.05, 0.1) is 0 Å². The Morgan fingerprint density at radius 1 is 0.700 bits per heavy atom. The normalized spacial score (nSPS) is 12.6. The van der Waals surface area contributed by atoms with E-state index in [1.54, 1.807) is 0 Å². The van der Waals surface area contributed by atoms with Crippen LogP contribution in [-0.4, -0.2) is 27.6 Å². The maximum atomic E-state index is 5.90. The van der Waals surface area contributed by atoms with Crippen LogP contribution in [0.5, 0.6) is 0 Å². The van der Waals surface area contributed by atoms with Gasteiger partial charge in [0.1, 0.15) is 0 Å². The van der Waals surface area contributed by atoms with Gasteiger partial charge < -0.3 is 4.12 Å². The van der Waals surface area contributed by atoms with Crippen molar-refractivity contribution in [1.29, 1.82) is 0 Å². The quantitative estimate of drug-likeness (QED) is 0.607. The van der Waals surface area contributed by atoms with Crippen LogP contribution in [0.4, 0.5) is 0 Å². The molecular weight excluding hydrogens is 172 g/mol. The van der Waals surface area contributed by atoms with Crippen molar-refractivity contribution in [3.8, 4) is 0 Å². The Balaban J connectivity index is 0. The Morgan fingerprint density at radius 2 is 0.900 bits per heavy atom. The molecule has 4 heteroatoms. The van der Waals surface area contributed by atoms with E-state index < -0.39 is 16.6 Å². The highest BCUT2D eigenvalue weighted by Gasteiger charge is 2.24. The van der Waals surface area contributed by atoms with Crippen LogP contribution >= 0.6 is 0 Å². The van der Waals surface area contributed by atoms with Gasteiger partial charge in [-0.3, -0.25) is 0 Å². The fourth-order valence-corrected chi connectivity index (χ4v) is 8.27. The summed E-state index contributed by atoms with van der Waals surface area (Å²) < 4.78 is 5.90. The average molecular weight is 190 g/mol. The molecule has 4 radical (unpaired) electrons. The van der Waals surface area contributed by atoms with Crippen LogP contribution in [0.3, 0.4) is 0 Å². The summed E-state index contributed by atoms with van der Waals surface area (Å²) in [6, 6.07) is 0. The minimum absolute atomic E-state index is 0. The van der Waals surface area contributed by atoms with Gasteiger partial charge in [0.15, 0.2) is 16.6 Å². The molecule has 60 valence electrons. The molecule has 0 bridgehead atoms. The van der Waals surface area contributed by atoms with Crippen LogP contribution < -0.4 is 0 Å². The lowest BCUT2D eigenvalue weighted by atomic mass is 11.8. The van der Waals surface area contributed by atoms with Gasteiger partial charge in [0.2, 0.25) is 0 Å². The van der Waals surface area contributed by atoms with Crippen molar-refractivity contribution in [2.45, 2.75) is 39.3 Å². The van der Waals surface area contributed by atoms with Crippen molar-refractivity contribution >= 4 is 27.6 Å². The molecule has 1 nitrogen and oxygen atoms in total. The second-order valence-electron chi connectivity index (χ2n) is 4.33. The number of rotatable bonds is 2. The fourth-order valence-electron chi connectivity index (χ4n) is 0.919. The van der Waals surface area contributed by atoms with E-state index in [0.29, 0.717) is 0 Å². The summed E-state index contributed by atoms with van der Waals surface area (Å²) in [5, 5.41) is 0. The molecule has 0 heterocycles. The van der Waals surface area contributed by atoms with E-state index in [9.17, 15) is 0 Å². The van der Waals surface area contributed by atoms with Gasteiger partial charge in [0, 0.05) is 11.0 Å². The van der Waals surface area contributed by atoms with Gasteiger partial charge in [-0.25, -0.2) is 0 Å². The van der Waals surface area contributed by atoms with Crippen LogP contribution in [-0.2, 0) is 4.12 Å². The highest BCUT2D eigenvalue weighted by molar-refractivity contribution is 6.83. The van der Waals surface area contributed by atoms with Gasteiger partial charge in [-0.05, 0) is 39.3 Å². The van der Waals surface area contributed by atoms with E-state index in [-0.39, 0.29) is 11.0 Å². The minimum atomic E-state index is -1.23. The largest absolute Gasteiger partial charge is 0.456 e. The van der Waals surface area contributed by atoms with Gasteiger partial charge in [-0.1, -0.05) is 0 Å². The van der Waals surface area contributed by atoms with Crippen LogP contribution in [0.1, 0.15) is 0 Å². The fraction of sp³-hybridized carbons (Fsp3) is 1.00. The minimum Gasteiger partial charge on any atom is -0.456 e. The Morgan fingerprint density at radius 3 is 0.900 bits per heavy atom. The first-order chi connectivity index (χ1) is 3.71. The lowest BCUT2D eigenvalue weighted by Gasteiger charge is -2.27. The maximum absolute atomic E-state index is 5.90. The average Bonchev–Trinajstić information content (AvgIpc) is 1.14. The third kappa shape index (κ3) is 11.4. The summed E-state index contributed by atoms with van der Waals surface area (Å²) in [5.41, 5.74) is 0. The van der Waals surface area contributed by atoms with Crippen molar-refractivity contribution in [3.05, 3.63) is 0 Å². The SMILES string of the molecule is C[Si](C)(C)O[Si](C)(C)C.[Si]. The molecule has 0 amide bonds. The van der Waals surface area contributed by atoms with Crippen LogP contribution in [0, 0.1) is 0 Å². The first kappa shape index (κ1) is 13.2. The molecule has 0 aromatic rings. The third-order valence-electron chi connectivity index (χ3n) is 0.612. The summed E-state index contributed by atoms with van der Waals surface area (Å²) in [4.78, 5) is 0. The van der Waals surface area contributed by atoms with Gasteiger partial charge in [-0.2, -0.15) is 0 Å². The summed E-state index contributed by atoms with van der Waals surface area (Å²) >= 11 is 0. The highest BCUT2D eigenvalue weighted by Crippen LogP contribution is 2.12. The summed E-state index contributed by atoms with van der Waals surface area (Å²) in [5.74, 6) is 0. The molecule has 0 spiro atoms. The molecule has 0 unspecified atom stereocenters. The molecule has 0 saturated heterocycles. The first-order valence-corrected chi connectivity index (χ1v) is 10.2. The van der Waals surface area contributed by atoms with Crippen LogP contribution in [0.25, 0.3) is 0 Å². The summed E-state index contributed by atoms with van der Waals surface area (Å²) in [7, 11) is -2.46. The molecule has 0 atom stereocenters. The van der Waals surface area contributed by atoms with E-state index in [0.717, 1.165) is 0 Å². The standard InChI is InChI=1S/C6H18OSi2.Si/c1-8(2,3)7-9(4,5)6;/h1-6H3;. The van der Waals surface area contributed by atoms with Crippen molar-refractivity contribution < 1.29 is 4.12 Å². The molecule has 0 saturated carbocycles. The zero-order valence-corrected chi connectivity index (χ0v) is 10.9. The zero-order chi connectivity index (χ0) is 7.71. The molecule has 0 N–H and O–H groups in total. The number of hydrogen-bond donors (Lipinski definition) is 0. The van der Waals surface area contributed by atoms with E-state index in [4.69, 9.17) is 4.12 Å². The number of hydrogen-bond acceptors (Lipinski definition) is 1. The van der Waals surface area contributed by atoms with Crippen molar-refractivity contribution in [1.82, 2.24) is 0 Å². The molecule has 0 aliphatic heterocycles. The van der Waals surface area contributed by atoms with Crippen molar-refractivity contribution in [3.63, 3.8) is 0 Å². The monoisotopic (exact) mass is 190 g/mol. The molecule has 0 aromatic carbocycles. The van der Waals surface area contributed by atoms with E-state index in [1.807, 2.05) is 0 Å². The van der Waals surface area contributed by atoms with Crippen LogP contribution in [0.2, 0.25) is 39.3 Å². The molecule has 0 aliphatic carbocycles. The molecule has 0 aromatic heterocycles. The smallest absolute Gasteiger partial charge is 0.170 e. The first-order valence-electron chi connectivity index (χ1n) is 3.41. The second-order valence-corrected chi connectivity index (χ2v) is 13.6. The van der Waals surface area contributed by atoms with E-state index >= 15 is 0 Å². The molecule has 0 rings (SSSR count). The highest BCUT2D eigenvalue weighted by atomic mass is 28.4. The van der Waals surface area contributed by atoms with Gasteiger partial charge >= 0.3 is 0 Å².